The van der Waals surface area contributed by atoms with E-state index in [9.17, 15) is 9.59 Å². The van der Waals surface area contributed by atoms with Gasteiger partial charge in [-0.25, -0.2) is 0 Å². The molecule has 0 fully saturated rings. The van der Waals surface area contributed by atoms with E-state index in [2.05, 4.69) is 4.74 Å². The highest BCUT2D eigenvalue weighted by Gasteiger charge is 2.14. The van der Waals surface area contributed by atoms with Gasteiger partial charge < -0.3 is 15.2 Å². The van der Waals surface area contributed by atoms with Gasteiger partial charge in [-0.1, -0.05) is 47.7 Å². The average Bonchev–Trinajstić information content (AvgIpc) is 3.10. The largest absolute Gasteiger partial charge is 0.468 e. The molecule has 6 nitrogen and oxygen atoms in total. The molecule has 0 aliphatic heterocycles. The molecule has 31 heavy (non-hydrogen) atoms. The van der Waals surface area contributed by atoms with Gasteiger partial charge in [0.2, 0.25) is 0 Å². The molecule has 1 aromatic heterocycles. The fourth-order valence-electron chi connectivity index (χ4n) is 3.33. The first-order valence-electron chi connectivity index (χ1n) is 9.81. The molecule has 0 radical (unpaired) electrons. The number of carbonyl (C=O) groups excluding carboxylic acids is 1. The summed E-state index contributed by atoms with van der Waals surface area (Å²) in [6, 6.07) is 22.2. The molecule has 3 aromatic carbocycles. The number of para-hydroxylation sites is 1. The zero-order chi connectivity index (χ0) is 21.8. The molecule has 1 heterocycles. The Morgan fingerprint density at radius 2 is 1.58 bits per heavy atom. The van der Waals surface area contributed by atoms with Crippen LogP contribution in [0.1, 0.15) is 11.1 Å². The van der Waals surface area contributed by atoms with Crippen LogP contribution in [0.4, 0.5) is 0 Å². The van der Waals surface area contributed by atoms with Gasteiger partial charge in [0.1, 0.15) is 17.5 Å². The minimum atomic E-state index is -0.683. The molecule has 0 bridgehead atoms. The second-order valence-electron chi connectivity index (χ2n) is 7.15. The Morgan fingerprint density at radius 1 is 0.968 bits per heavy atom. The van der Waals surface area contributed by atoms with Crippen LogP contribution in [-0.2, 0) is 22.5 Å². The maximum atomic E-state index is 12.3. The Hall–Kier alpha value is -3.42. The van der Waals surface area contributed by atoms with Gasteiger partial charge in [0.05, 0.1) is 23.9 Å². The Bertz CT molecular complexity index is 1240. The second-order valence-corrected chi connectivity index (χ2v) is 8.14. The number of thiazole rings is 1. The van der Waals surface area contributed by atoms with Crippen LogP contribution >= 0.6 is 11.3 Å². The lowest BCUT2D eigenvalue weighted by molar-refractivity contribution is -0.142. The van der Waals surface area contributed by atoms with Crippen molar-refractivity contribution in [1.82, 2.24) is 4.57 Å². The van der Waals surface area contributed by atoms with Crippen molar-refractivity contribution in [3.63, 3.8) is 0 Å². The average molecular weight is 435 g/mol. The highest BCUT2D eigenvalue weighted by molar-refractivity contribution is 7.16. The van der Waals surface area contributed by atoms with Crippen LogP contribution in [0.25, 0.3) is 10.2 Å². The van der Waals surface area contributed by atoms with E-state index in [4.69, 9.17) is 10.5 Å². The molecule has 0 spiro atoms. The third-order valence-corrected chi connectivity index (χ3v) is 5.92. The van der Waals surface area contributed by atoms with Gasteiger partial charge >= 0.3 is 10.8 Å². The maximum Gasteiger partial charge on any atom is 0.322 e. The molecule has 1 atom stereocenters. The first-order valence-corrected chi connectivity index (χ1v) is 10.6. The molecule has 0 aliphatic carbocycles. The molecule has 7 heteroatoms. The third kappa shape index (κ3) is 4.84. The van der Waals surface area contributed by atoms with E-state index in [1.54, 1.807) is 4.57 Å². The third-order valence-electron chi connectivity index (χ3n) is 4.96. The van der Waals surface area contributed by atoms with E-state index >= 15 is 0 Å². The van der Waals surface area contributed by atoms with Crippen molar-refractivity contribution in [3.05, 3.63) is 93.6 Å². The van der Waals surface area contributed by atoms with E-state index in [-0.39, 0.29) is 4.87 Å². The standard InChI is InChI=1S/C24H22N2O4S/c1-29-23(27)20(25)14-16-6-10-18(11-7-16)30-19-12-8-17(9-13-19)15-26-21-4-2-3-5-22(21)31-24(26)28/h2-13,20H,14-15,25H2,1H3. The lowest BCUT2D eigenvalue weighted by atomic mass is 10.1. The molecule has 1 unspecified atom stereocenters. The van der Waals surface area contributed by atoms with Gasteiger partial charge in [-0.15, -0.1) is 0 Å². The van der Waals surface area contributed by atoms with E-state index in [0.29, 0.717) is 24.5 Å². The van der Waals surface area contributed by atoms with E-state index < -0.39 is 12.0 Å². The molecule has 0 aliphatic rings. The molecular formula is C24H22N2O4S. The fraction of sp³-hybridized carbons (Fsp3) is 0.167. The predicted molar refractivity (Wildman–Crippen MR) is 122 cm³/mol. The molecule has 2 N–H and O–H groups in total. The van der Waals surface area contributed by atoms with Crippen molar-refractivity contribution in [2.75, 3.05) is 7.11 Å². The quantitative estimate of drug-likeness (QED) is 0.446. The Labute approximate surface area is 183 Å². The van der Waals surface area contributed by atoms with Crippen molar-refractivity contribution in [1.29, 1.82) is 0 Å². The monoisotopic (exact) mass is 434 g/mol. The van der Waals surface area contributed by atoms with Crippen LogP contribution in [0, 0.1) is 0 Å². The maximum absolute atomic E-state index is 12.3. The van der Waals surface area contributed by atoms with Crippen LogP contribution in [0.2, 0.25) is 0 Å². The molecule has 4 aromatic rings. The van der Waals surface area contributed by atoms with Crippen LogP contribution < -0.4 is 15.3 Å². The van der Waals surface area contributed by atoms with Gasteiger partial charge in [-0.2, -0.15) is 0 Å². The Morgan fingerprint density at radius 3 is 2.23 bits per heavy atom. The summed E-state index contributed by atoms with van der Waals surface area (Å²) in [7, 11) is 1.32. The van der Waals surface area contributed by atoms with Crippen LogP contribution in [-0.4, -0.2) is 23.7 Å². The summed E-state index contributed by atoms with van der Waals surface area (Å²) in [6.07, 6.45) is 0.401. The molecule has 4 rings (SSSR count). The van der Waals surface area contributed by atoms with Crippen molar-refractivity contribution in [3.8, 4) is 11.5 Å². The number of aromatic nitrogens is 1. The zero-order valence-corrected chi connectivity index (χ0v) is 17.8. The highest BCUT2D eigenvalue weighted by atomic mass is 32.1. The minimum Gasteiger partial charge on any atom is -0.468 e. The molecule has 158 valence electrons. The van der Waals surface area contributed by atoms with Gasteiger partial charge in [0, 0.05) is 0 Å². The summed E-state index contributed by atoms with van der Waals surface area (Å²) in [5.41, 5.74) is 8.69. The summed E-state index contributed by atoms with van der Waals surface area (Å²) in [5.74, 6) is 0.951. The summed E-state index contributed by atoms with van der Waals surface area (Å²) < 4.78 is 13.3. The van der Waals surface area contributed by atoms with Gasteiger partial charge in [0.15, 0.2) is 0 Å². The van der Waals surface area contributed by atoms with Crippen molar-refractivity contribution in [2.45, 2.75) is 19.0 Å². The highest BCUT2D eigenvalue weighted by Crippen LogP contribution is 2.23. The molecule has 0 saturated carbocycles. The van der Waals surface area contributed by atoms with E-state index in [1.807, 2.05) is 72.8 Å². The number of carbonyl (C=O) groups is 1. The number of nitrogens with zero attached hydrogens (tertiary/aromatic N) is 1. The number of rotatable bonds is 7. The van der Waals surface area contributed by atoms with Gasteiger partial charge in [-0.3, -0.25) is 14.2 Å². The summed E-state index contributed by atoms with van der Waals surface area (Å²) in [4.78, 5) is 23.8. The molecular weight excluding hydrogens is 412 g/mol. The predicted octanol–water partition coefficient (Wildman–Crippen LogP) is 3.95. The number of hydrogen-bond acceptors (Lipinski definition) is 6. The Balaban J connectivity index is 1.41. The number of methoxy groups -OCH3 is 1. The summed E-state index contributed by atoms with van der Waals surface area (Å²) >= 11 is 1.26. The first kappa shape index (κ1) is 20.8. The van der Waals surface area contributed by atoms with Crippen LogP contribution in [0.5, 0.6) is 11.5 Å². The van der Waals surface area contributed by atoms with E-state index in [0.717, 1.165) is 21.3 Å². The number of fused-ring (bicyclic) bond motifs is 1. The normalized spacial score (nSPS) is 11.9. The fourth-order valence-corrected chi connectivity index (χ4v) is 4.22. The number of ether oxygens (including phenoxy) is 2. The van der Waals surface area contributed by atoms with Crippen molar-refractivity contribution >= 4 is 27.5 Å². The Kier molecular flexibility index (Phi) is 6.16. The first-order chi connectivity index (χ1) is 15.0. The van der Waals surface area contributed by atoms with E-state index in [1.165, 1.54) is 18.4 Å². The number of benzene rings is 3. The molecule has 0 amide bonds. The summed E-state index contributed by atoms with van der Waals surface area (Å²) in [5, 5.41) is 0. The van der Waals surface area contributed by atoms with Crippen LogP contribution in [0.15, 0.2) is 77.6 Å². The lowest BCUT2D eigenvalue weighted by Crippen LogP contribution is -2.33. The second kappa shape index (κ2) is 9.16. The smallest absolute Gasteiger partial charge is 0.322 e. The zero-order valence-electron chi connectivity index (χ0n) is 17.0. The molecule has 0 saturated heterocycles. The van der Waals surface area contributed by atoms with Gasteiger partial charge in [0.25, 0.3) is 0 Å². The van der Waals surface area contributed by atoms with Crippen molar-refractivity contribution < 1.29 is 14.3 Å². The number of nitrogens with two attached hydrogens (primary N) is 1. The number of hydrogen-bond donors (Lipinski definition) is 1. The topological polar surface area (TPSA) is 83.5 Å². The lowest BCUT2D eigenvalue weighted by Gasteiger charge is -2.11. The van der Waals surface area contributed by atoms with Gasteiger partial charge in [-0.05, 0) is 53.9 Å². The van der Waals surface area contributed by atoms with Crippen LogP contribution in [0.3, 0.4) is 0 Å². The SMILES string of the molecule is COC(=O)C(N)Cc1ccc(Oc2ccc(Cn3c(=O)sc4ccccc43)cc2)cc1. The number of esters is 1. The van der Waals surface area contributed by atoms with Crippen molar-refractivity contribution in [2.24, 2.45) is 5.73 Å². The minimum absolute atomic E-state index is 0.0357. The summed E-state index contributed by atoms with van der Waals surface area (Å²) in [6.45, 7) is 0.512.